The van der Waals surface area contributed by atoms with Crippen LogP contribution in [0.2, 0.25) is 0 Å². The van der Waals surface area contributed by atoms with Gasteiger partial charge in [-0.15, -0.1) is 0 Å². The zero-order valence-electron chi connectivity index (χ0n) is 16.1. The first-order valence-electron chi connectivity index (χ1n) is 8.97. The first kappa shape index (κ1) is 19.9. The van der Waals surface area contributed by atoms with Gasteiger partial charge in [0.1, 0.15) is 0 Å². The molecule has 3 aromatic carbocycles. The number of esters is 1. The standard InChI is InChI=1S/C23H21NO5/c1-27-19-14-8-9-15-20(19)29-21(16-10-4-3-5-11-16)22(25)24-18-13-7-6-12-17(18)23(26)28-2/h3-15,21H,1-2H3,(H,24,25). The van der Waals surface area contributed by atoms with E-state index in [9.17, 15) is 9.59 Å². The average molecular weight is 391 g/mol. The summed E-state index contributed by atoms with van der Waals surface area (Å²) in [5.41, 5.74) is 1.26. The SMILES string of the molecule is COC(=O)c1ccccc1NC(=O)C(Oc1ccccc1OC)c1ccccc1. The van der Waals surface area contributed by atoms with Gasteiger partial charge < -0.3 is 19.5 Å². The lowest BCUT2D eigenvalue weighted by Crippen LogP contribution is -2.26. The Balaban J connectivity index is 1.93. The van der Waals surface area contributed by atoms with Crippen LogP contribution in [-0.4, -0.2) is 26.1 Å². The minimum absolute atomic E-state index is 0.257. The number of methoxy groups -OCH3 is 2. The van der Waals surface area contributed by atoms with Gasteiger partial charge in [0.25, 0.3) is 5.91 Å². The van der Waals surface area contributed by atoms with E-state index < -0.39 is 18.0 Å². The molecule has 0 saturated carbocycles. The molecule has 29 heavy (non-hydrogen) atoms. The summed E-state index contributed by atoms with van der Waals surface area (Å²) in [5, 5.41) is 2.78. The number of nitrogens with one attached hydrogen (secondary N) is 1. The van der Waals surface area contributed by atoms with Gasteiger partial charge in [-0.1, -0.05) is 54.6 Å². The molecule has 3 aromatic rings. The van der Waals surface area contributed by atoms with E-state index in [-0.39, 0.29) is 5.56 Å². The lowest BCUT2D eigenvalue weighted by molar-refractivity contribution is -0.123. The highest BCUT2D eigenvalue weighted by Gasteiger charge is 2.25. The molecule has 0 radical (unpaired) electrons. The van der Waals surface area contributed by atoms with Gasteiger partial charge in [0.05, 0.1) is 25.5 Å². The van der Waals surface area contributed by atoms with E-state index in [1.165, 1.54) is 14.2 Å². The smallest absolute Gasteiger partial charge is 0.339 e. The summed E-state index contributed by atoms with van der Waals surface area (Å²) < 4.78 is 16.1. The predicted octanol–water partition coefficient (Wildman–Crippen LogP) is 4.24. The third-order valence-electron chi connectivity index (χ3n) is 4.24. The Bertz CT molecular complexity index is 987. The van der Waals surface area contributed by atoms with Crippen molar-refractivity contribution in [3.05, 3.63) is 90.0 Å². The van der Waals surface area contributed by atoms with E-state index >= 15 is 0 Å². The molecule has 0 saturated heterocycles. The molecule has 0 aromatic heterocycles. The van der Waals surface area contributed by atoms with Crippen LogP contribution in [0.1, 0.15) is 22.0 Å². The topological polar surface area (TPSA) is 73.9 Å². The maximum Gasteiger partial charge on any atom is 0.339 e. The summed E-state index contributed by atoms with van der Waals surface area (Å²) in [5.74, 6) is -0.0299. The normalized spacial score (nSPS) is 11.2. The van der Waals surface area contributed by atoms with Crippen LogP contribution in [-0.2, 0) is 9.53 Å². The van der Waals surface area contributed by atoms with Gasteiger partial charge in [0.2, 0.25) is 6.10 Å². The molecule has 0 spiro atoms. The van der Waals surface area contributed by atoms with E-state index in [2.05, 4.69) is 5.32 Å². The van der Waals surface area contributed by atoms with Crippen molar-refractivity contribution in [2.24, 2.45) is 0 Å². The highest BCUT2D eigenvalue weighted by molar-refractivity contribution is 6.02. The fourth-order valence-electron chi connectivity index (χ4n) is 2.82. The summed E-state index contributed by atoms with van der Waals surface area (Å²) in [6.07, 6.45) is -0.960. The van der Waals surface area contributed by atoms with Gasteiger partial charge in [-0.2, -0.15) is 0 Å². The number of rotatable bonds is 7. The third-order valence-corrected chi connectivity index (χ3v) is 4.24. The van der Waals surface area contributed by atoms with Gasteiger partial charge >= 0.3 is 5.97 Å². The van der Waals surface area contributed by atoms with Gasteiger partial charge in [0, 0.05) is 5.56 Å². The van der Waals surface area contributed by atoms with Gasteiger partial charge in [-0.3, -0.25) is 4.79 Å². The van der Waals surface area contributed by atoms with Crippen LogP contribution in [0.3, 0.4) is 0 Å². The molecule has 0 heterocycles. The van der Waals surface area contributed by atoms with Crippen LogP contribution in [0, 0.1) is 0 Å². The minimum atomic E-state index is -0.960. The number of anilines is 1. The van der Waals surface area contributed by atoms with Gasteiger partial charge in [0.15, 0.2) is 11.5 Å². The summed E-state index contributed by atoms with van der Waals surface area (Å²) >= 11 is 0. The minimum Gasteiger partial charge on any atom is -0.493 e. The average Bonchev–Trinajstić information content (AvgIpc) is 2.78. The Kier molecular flexibility index (Phi) is 6.47. The molecule has 0 fully saturated rings. The van der Waals surface area contributed by atoms with E-state index in [0.29, 0.717) is 22.7 Å². The van der Waals surface area contributed by atoms with Crippen molar-refractivity contribution in [3.63, 3.8) is 0 Å². The maximum atomic E-state index is 13.2. The lowest BCUT2D eigenvalue weighted by Gasteiger charge is -2.21. The second-order valence-electron chi connectivity index (χ2n) is 6.09. The van der Waals surface area contributed by atoms with Crippen molar-refractivity contribution in [2.45, 2.75) is 6.10 Å². The van der Waals surface area contributed by atoms with Crippen molar-refractivity contribution >= 4 is 17.6 Å². The second-order valence-corrected chi connectivity index (χ2v) is 6.09. The number of amides is 1. The van der Waals surface area contributed by atoms with Crippen molar-refractivity contribution in [1.82, 2.24) is 0 Å². The van der Waals surface area contributed by atoms with Crippen LogP contribution < -0.4 is 14.8 Å². The largest absolute Gasteiger partial charge is 0.493 e. The van der Waals surface area contributed by atoms with Gasteiger partial charge in [-0.25, -0.2) is 4.79 Å². The molecule has 6 nitrogen and oxygen atoms in total. The molecule has 6 heteroatoms. The summed E-state index contributed by atoms with van der Waals surface area (Å²) in [6.45, 7) is 0. The van der Waals surface area contributed by atoms with Crippen molar-refractivity contribution in [3.8, 4) is 11.5 Å². The third kappa shape index (κ3) is 4.73. The first-order chi connectivity index (χ1) is 14.1. The summed E-state index contributed by atoms with van der Waals surface area (Å²) in [7, 11) is 2.82. The fourth-order valence-corrected chi connectivity index (χ4v) is 2.82. The molecule has 1 atom stereocenters. The number of para-hydroxylation sites is 3. The molecule has 0 aliphatic carbocycles. The highest BCUT2D eigenvalue weighted by Crippen LogP contribution is 2.31. The molecule has 0 aliphatic heterocycles. The molecular weight excluding hydrogens is 370 g/mol. The molecule has 1 unspecified atom stereocenters. The molecule has 1 N–H and O–H groups in total. The quantitative estimate of drug-likeness (QED) is 0.610. The predicted molar refractivity (Wildman–Crippen MR) is 109 cm³/mol. The summed E-state index contributed by atoms with van der Waals surface area (Å²) in [6, 6.07) is 22.8. The molecule has 0 aliphatic rings. The zero-order chi connectivity index (χ0) is 20.6. The Hall–Kier alpha value is -3.80. The Morgan fingerprint density at radius 1 is 0.793 bits per heavy atom. The van der Waals surface area contributed by atoms with Crippen LogP contribution in [0.25, 0.3) is 0 Å². The number of carbonyl (C=O) groups excluding carboxylic acids is 2. The maximum absolute atomic E-state index is 13.2. The molecule has 0 bridgehead atoms. The van der Waals surface area contributed by atoms with Crippen molar-refractivity contribution in [2.75, 3.05) is 19.5 Å². The van der Waals surface area contributed by atoms with Crippen molar-refractivity contribution in [1.29, 1.82) is 0 Å². The molecule has 1 amide bonds. The Labute approximate surface area is 169 Å². The van der Waals surface area contributed by atoms with Crippen LogP contribution in [0.5, 0.6) is 11.5 Å². The Morgan fingerprint density at radius 3 is 2.10 bits per heavy atom. The number of benzene rings is 3. The van der Waals surface area contributed by atoms with Crippen LogP contribution >= 0.6 is 0 Å². The number of hydrogen-bond donors (Lipinski definition) is 1. The fraction of sp³-hybridized carbons (Fsp3) is 0.130. The number of hydrogen-bond acceptors (Lipinski definition) is 5. The van der Waals surface area contributed by atoms with Crippen molar-refractivity contribution < 1.29 is 23.8 Å². The molecular formula is C23H21NO5. The second kappa shape index (κ2) is 9.41. The van der Waals surface area contributed by atoms with E-state index in [4.69, 9.17) is 14.2 Å². The van der Waals surface area contributed by atoms with Crippen LogP contribution in [0.4, 0.5) is 5.69 Å². The number of carbonyl (C=O) groups is 2. The Morgan fingerprint density at radius 2 is 1.41 bits per heavy atom. The molecule has 148 valence electrons. The first-order valence-corrected chi connectivity index (χ1v) is 8.97. The zero-order valence-corrected chi connectivity index (χ0v) is 16.1. The highest BCUT2D eigenvalue weighted by atomic mass is 16.5. The molecule has 3 rings (SSSR count). The monoisotopic (exact) mass is 391 g/mol. The number of ether oxygens (including phenoxy) is 3. The van der Waals surface area contributed by atoms with Gasteiger partial charge in [-0.05, 0) is 24.3 Å². The summed E-state index contributed by atoms with van der Waals surface area (Å²) in [4.78, 5) is 25.2. The van der Waals surface area contributed by atoms with E-state index in [0.717, 1.165) is 0 Å². The lowest BCUT2D eigenvalue weighted by atomic mass is 10.1. The van der Waals surface area contributed by atoms with E-state index in [1.54, 1.807) is 54.6 Å². The van der Waals surface area contributed by atoms with E-state index in [1.807, 2.05) is 24.3 Å². The van der Waals surface area contributed by atoms with Crippen LogP contribution in [0.15, 0.2) is 78.9 Å².